The molecule has 3 aromatic rings. The second-order valence-electron chi connectivity index (χ2n) is 5.21. The highest BCUT2D eigenvalue weighted by Crippen LogP contribution is 2.17. The smallest absolute Gasteiger partial charge is 0.267 e. The van der Waals surface area contributed by atoms with Crippen LogP contribution < -0.4 is 16.6 Å². The molecule has 3 N–H and O–H groups in total. The average Bonchev–Trinajstić information content (AvgIpc) is 2.97. The molecule has 0 spiro atoms. The van der Waals surface area contributed by atoms with Gasteiger partial charge in [0.05, 0.1) is 30.6 Å². The number of nitrogen functional groups attached to an aromatic ring is 1. The first-order chi connectivity index (χ1) is 12.0. The minimum absolute atomic E-state index is 0.0393. The predicted molar refractivity (Wildman–Crippen MR) is 93.2 cm³/mol. The van der Waals surface area contributed by atoms with Crippen LogP contribution in [0.15, 0.2) is 35.5 Å². The topological polar surface area (TPSA) is 129 Å². The van der Waals surface area contributed by atoms with Gasteiger partial charge in [-0.15, -0.1) is 11.3 Å². The van der Waals surface area contributed by atoms with E-state index in [9.17, 15) is 9.59 Å². The summed E-state index contributed by atoms with van der Waals surface area (Å²) in [4.78, 5) is 37.3. The van der Waals surface area contributed by atoms with Gasteiger partial charge in [-0.25, -0.2) is 19.6 Å². The van der Waals surface area contributed by atoms with Crippen molar-refractivity contribution in [3.05, 3.63) is 57.3 Å². The monoisotopic (exact) mass is 357 g/mol. The number of aromatic nitrogens is 5. The van der Waals surface area contributed by atoms with Crippen molar-refractivity contribution in [2.45, 2.75) is 19.9 Å². The van der Waals surface area contributed by atoms with Gasteiger partial charge in [0, 0.05) is 23.3 Å². The van der Waals surface area contributed by atoms with Crippen LogP contribution >= 0.6 is 11.3 Å². The number of nitrogens with two attached hydrogens (primary N) is 1. The molecule has 0 bridgehead atoms. The lowest BCUT2D eigenvalue weighted by molar-refractivity contribution is -0.115. The minimum atomic E-state index is -0.289. The molecule has 9 nitrogen and oxygen atoms in total. The lowest BCUT2D eigenvalue weighted by atomic mass is 10.2. The molecule has 0 saturated carbocycles. The Morgan fingerprint density at radius 2 is 2.20 bits per heavy atom. The van der Waals surface area contributed by atoms with Crippen molar-refractivity contribution >= 4 is 28.2 Å². The van der Waals surface area contributed by atoms with E-state index in [0.717, 1.165) is 4.88 Å². The molecule has 0 aromatic carbocycles. The molecule has 0 aliphatic rings. The van der Waals surface area contributed by atoms with Crippen LogP contribution in [0.4, 0.5) is 10.9 Å². The van der Waals surface area contributed by atoms with Gasteiger partial charge in [0.2, 0.25) is 5.91 Å². The van der Waals surface area contributed by atoms with Crippen LogP contribution in [0.1, 0.15) is 16.3 Å². The third-order valence-electron chi connectivity index (χ3n) is 3.22. The van der Waals surface area contributed by atoms with Crippen molar-refractivity contribution in [3.63, 3.8) is 0 Å². The second kappa shape index (κ2) is 7.18. The summed E-state index contributed by atoms with van der Waals surface area (Å²) in [6.45, 7) is 2.05. The van der Waals surface area contributed by atoms with Crippen LogP contribution in [0.5, 0.6) is 0 Å². The van der Waals surface area contributed by atoms with E-state index in [1.54, 1.807) is 12.3 Å². The normalized spacial score (nSPS) is 10.6. The number of aryl methyl sites for hydroxylation is 1. The molecule has 3 rings (SSSR count). The summed E-state index contributed by atoms with van der Waals surface area (Å²) in [5, 5.41) is 7.18. The molecule has 0 atom stereocenters. The summed E-state index contributed by atoms with van der Waals surface area (Å²) in [6.07, 6.45) is 4.61. The lowest BCUT2D eigenvalue weighted by Crippen LogP contribution is -2.23. The van der Waals surface area contributed by atoms with Crippen LogP contribution in [-0.4, -0.2) is 30.6 Å². The Balaban J connectivity index is 1.74. The SMILES string of the molecule is Cc1cnc(NC(=O)Cc2nc(Cn3ncccc3=O)cnc2N)s1. The van der Waals surface area contributed by atoms with Gasteiger partial charge in [-0.05, 0) is 13.0 Å². The third kappa shape index (κ3) is 4.23. The van der Waals surface area contributed by atoms with Gasteiger partial charge in [-0.3, -0.25) is 9.59 Å². The number of nitrogens with zero attached hydrogens (tertiary/aromatic N) is 5. The highest BCUT2D eigenvalue weighted by Gasteiger charge is 2.12. The maximum Gasteiger partial charge on any atom is 0.267 e. The van der Waals surface area contributed by atoms with E-state index < -0.39 is 0 Å². The van der Waals surface area contributed by atoms with Crippen LogP contribution in [0.3, 0.4) is 0 Å². The van der Waals surface area contributed by atoms with E-state index in [4.69, 9.17) is 5.73 Å². The maximum absolute atomic E-state index is 12.1. The minimum Gasteiger partial charge on any atom is -0.382 e. The van der Waals surface area contributed by atoms with Gasteiger partial charge in [-0.2, -0.15) is 5.10 Å². The van der Waals surface area contributed by atoms with Crippen molar-refractivity contribution in [1.82, 2.24) is 24.7 Å². The van der Waals surface area contributed by atoms with E-state index in [0.29, 0.717) is 16.5 Å². The van der Waals surface area contributed by atoms with Crippen molar-refractivity contribution in [1.29, 1.82) is 0 Å². The molecule has 128 valence electrons. The molecule has 0 fully saturated rings. The molecule has 25 heavy (non-hydrogen) atoms. The molecular formula is C15H15N7O2S. The summed E-state index contributed by atoms with van der Waals surface area (Å²) < 4.78 is 1.25. The fraction of sp³-hybridized carbons (Fsp3) is 0.200. The maximum atomic E-state index is 12.1. The number of nitrogens with one attached hydrogen (secondary N) is 1. The van der Waals surface area contributed by atoms with Gasteiger partial charge in [-0.1, -0.05) is 0 Å². The van der Waals surface area contributed by atoms with Gasteiger partial charge in [0.1, 0.15) is 5.82 Å². The summed E-state index contributed by atoms with van der Waals surface area (Å²) in [5.74, 6) is -0.120. The molecule has 0 aliphatic heterocycles. The highest BCUT2D eigenvalue weighted by molar-refractivity contribution is 7.15. The number of anilines is 2. The summed E-state index contributed by atoms with van der Waals surface area (Å²) in [7, 11) is 0. The van der Waals surface area contributed by atoms with Crippen molar-refractivity contribution in [2.24, 2.45) is 0 Å². The fourth-order valence-electron chi connectivity index (χ4n) is 2.07. The molecule has 0 aliphatic carbocycles. The van der Waals surface area contributed by atoms with E-state index in [-0.39, 0.29) is 30.2 Å². The van der Waals surface area contributed by atoms with E-state index in [1.165, 1.54) is 34.5 Å². The Morgan fingerprint density at radius 3 is 2.92 bits per heavy atom. The molecule has 3 aromatic heterocycles. The zero-order valence-electron chi connectivity index (χ0n) is 13.3. The first-order valence-electron chi connectivity index (χ1n) is 7.36. The largest absolute Gasteiger partial charge is 0.382 e. The number of carbonyl (C=O) groups is 1. The number of rotatable bonds is 5. The number of hydrogen-bond donors (Lipinski definition) is 2. The van der Waals surface area contributed by atoms with Gasteiger partial charge >= 0.3 is 0 Å². The average molecular weight is 357 g/mol. The van der Waals surface area contributed by atoms with Gasteiger partial charge in [0.15, 0.2) is 5.13 Å². The Morgan fingerprint density at radius 1 is 1.36 bits per heavy atom. The van der Waals surface area contributed by atoms with Crippen LogP contribution in [0, 0.1) is 6.92 Å². The van der Waals surface area contributed by atoms with Crippen molar-refractivity contribution < 1.29 is 4.79 Å². The van der Waals surface area contributed by atoms with Crippen molar-refractivity contribution in [2.75, 3.05) is 11.1 Å². The third-order valence-corrected chi connectivity index (χ3v) is 4.05. The summed E-state index contributed by atoms with van der Waals surface area (Å²) >= 11 is 1.38. The number of thiazole rings is 1. The second-order valence-corrected chi connectivity index (χ2v) is 6.45. The zero-order valence-corrected chi connectivity index (χ0v) is 14.2. The molecule has 1 amide bonds. The van der Waals surface area contributed by atoms with E-state index in [1.807, 2.05) is 6.92 Å². The first kappa shape index (κ1) is 16.7. The Bertz CT molecular complexity index is 966. The number of amides is 1. The Labute approximate surface area is 146 Å². The predicted octanol–water partition coefficient (Wildman–Crippen LogP) is 0.610. The number of carbonyl (C=O) groups excluding carboxylic acids is 1. The summed E-state index contributed by atoms with van der Waals surface area (Å²) in [6, 6.07) is 2.96. The molecule has 10 heteroatoms. The number of hydrogen-bond acceptors (Lipinski definition) is 8. The fourth-order valence-corrected chi connectivity index (χ4v) is 2.75. The highest BCUT2D eigenvalue weighted by atomic mass is 32.1. The van der Waals surface area contributed by atoms with Gasteiger partial charge < -0.3 is 11.1 Å². The molecule has 0 saturated heterocycles. The Hall–Kier alpha value is -3.14. The van der Waals surface area contributed by atoms with E-state index >= 15 is 0 Å². The Kier molecular flexibility index (Phi) is 4.80. The quantitative estimate of drug-likeness (QED) is 0.684. The molecule has 0 radical (unpaired) electrons. The van der Waals surface area contributed by atoms with Crippen LogP contribution in [0.2, 0.25) is 0 Å². The molecule has 3 heterocycles. The zero-order chi connectivity index (χ0) is 17.8. The van der Waals surface area contributed by atoms with Gasteiger partial charge in [0.25, 0.3) is 5.56 Å². The van der Waals surface area contributed by atoms with Crippen LogP contribution in [0.25, 0.3) is 0 Å². The molecular weight excluding hydrogens is 342 g/mol. The van der Waals surface area contributed by atoms with E-state index in [2.05, 4.69) is 25.4 Å². The lowest BCUT2D eigenvalue weighted by Gasteiger charge is -2.08. The molecule has 0 unspecified atom stereocenters. The van der Waals surface area contributed by atoms with Crippen LogP contribution in [-0.2, 0) is 17.8 Å². The standard InChI is InChI=1S/C15H15N7O2S/c1-9-6-18-15(25-9)21-12(23)5-11-14(16)17-7-10(20-11)8-22-13(24)3-2-4-19-22/h2-4,6-7H,5,8H2,1H3,(H2,16,17)(H,18,21,23). The summed E-state index contributed by atoms with van der Waals surface area (Å²) in [5.41, 5.74) is 6.39. The van der Waals surface area contributed by atoms with Crippen molar-refractivity contribution in [3.8, 4) is 0 Å². The first-order valence-corrected chi connectivity index (χ1v) is 8.17.